The largest absolute Gasteiger partial charge is 0.325 e. The molecule has 0 bridgehead atoms. The van der Waals surface area contributed by atoms with Gasteiger partial charge in [-0.2, -0.15) is 0 Å². The fourth-order valence-corrected chi connectivity index (χ4v) is 0.581. The first-order chi connectivity index (χ1) is 5.27. The summed E-state index contributed by atoms with van der Waals surface area (Å²) in [6.07, 6.45) is 14.7. The second-order valence-electron chi connectivity index (χ2n) is 2.41. The molecule has 0 aliphatic carbocycles. The van der Waals surface area contributed by atoms with E-state index in [0.717, 1.165) is 12.8 Å². The topological polar surface area (TPSA) is 26.0 Å². The van der Waals surface area contributed by atoms with Gasteiger partial charge in [0.05, 0.1) is 0 Å². The smallest absolute Gasteiger partial charge is 0.0197 e. The average Bonchev–Trinajstić information content (AvgIpc) is 1.96. The molecule has 0 saturated heterocycles. The van der Waals surface area contributed by atoms with Crippen molar-refractivity contribution in [2.45, 2.75) is 25.8 Å². The fraction of sp³-hybridized carbons (Fsp3) is 0.400. The van der Waals surface area contributed by atoms with E-state index in [0.29, 0.717) is 0 Å². The van der Waals surface area contributed by atoms with E-state index in [4.69, 9.17) is 12.2 Å². The molecule has 0 amide bonds. The van der Waals surface area contributed by atoms with Crippen molar-refractivity contribution in [3.8, 4) is 12.3 Å². The molecule has 1 unspecified atom stereocenters. The van der Waals surface area contributed by atoms with Gasteiger partial charge in [-0.25, -0.2) is 0 Å². The minimum Gasteiger partial charge on any atom is -0.325 e. The molecule has 0 aromatic carbocycles. The number of nitrogens with two attached hydrogens (primary N) is 1. The Balaban J connectivity index is 3.38. The van der Waals surface area contributed by atoms with Gasteiger partial charge in [-0.05, 0) is 13.3 Å². The lowest BCUT2D eigenvalue weighted by Crippen LogP contribution is -2.09. The number of rotatable bonds is 4. The molecule has 0 aliphatic rings. The lowest BCUT2D eigenvalue weighted by Gasteiger charge is -1.90. The average molecular weight is 149 g/mol. The monoisotopic (exact) mass is 149 g/mol. The molecule has 0 radical (unpaired) electrons. The quantitative estimate of drug-likeness (QED) is 0.368. The summed E-state index contributed by atoms with van der Waals surface area (Å²) >= 11 is 0. The predicted octanol–water partition coefficient (Wildman–Crippen LogP) is 1.86. The van der Waals surface area contributed by atoms with Crippen molar-refractivity contribution < 1.29 is 0 Å². The maximum atomic E-state index is 5.48. The first kappa shape index (κ1) is 10.0. The van der Waals surface area contributed by atoms with Gasteiger partial charge in [-0.3, -0.25) is 0 Å². The summed E-state index contributed by atoms with van der Waals surface area (Å²) in [4.78, 5) is 0. The van der Waals surface area contributed by atoms with Crippen molar-refractivity contribution in [3.05, 3.63) is 24.3 Å². The number of unbranched alkanes of at least 4 members (excludes halogenated alkanes) is 1. The maximum Gasteiger partial charge on any atom is 0.0197 e. The third-order valence-corrected chi connectivity index (χ3v) is 1.12. The Morgan fingerprint density at radius 1 is 1.55 bits per heavy atom. The van der Waals surface area contributed by atoms with Gasteiger partial charge in [0.25, 0.3) is 0 Å². The molecular weight excluding hydrogens is 134 g/mol. The molecule has 0 spiro atoms. The highest BCUT2D eigenvalue weighted by Gasteiger charge is 1.78. The molecule has 0 fully saturated rings. The van der Waals surface area contributed by atoms with E-state index >= 15 is 0 Å². The Hall–Kier alpha value is -1.00. The van der Waals surface area contributed by atoms with Crippen molar-refractivity contribution in [2.24, 2.45) is 5.73 Å². The fourth-order valence-electron chi connectivity index (χ4n) is 0.581. The van der Waals surface area contributed by atoms with Crippen molar-refractivity contribution in [1.29, 1.82) is 0 Å². The number of hydrogen-bond donors (Lipinski definition) is 1. The Bertz CT molecular complexity index is 170. The highest BCUT2D eigenvalue weighted by Crippen LogP contribution is 1.89. The van der Waals surface area contributed by atoms with Crippen LogP contribution in [-0.2, 0) is 0 Å². The molecular formula is C10H15N. The summed E-state index contributed by atoms with van der Waals surface area (Å²) < 4.78 is 0. The molecule has 1 heteroatoms. The molecule has 60 valence electrons. The van der Waals surface area contributed by atoms with Crippen molar-refractivity contribution in [2.75, 3.05) is 0 Å². The Morgan fingerprint density at radius 2 is 2.27 bits per heavy atom. The second-order valence-corrected chi connectivity index (χ2v) is 2.41. The van der Waals surface area contributed by atoms with Crippen LogP contribution < -0.4 is 5.73 Å². The standard InChI is InChI=1S/C10H15N/c1-3-4-5-6-7-8-9-10(2)11/h1,6-10H,4-5,11H2,2H3/b7-6-,9-8-. The zero-order valence-corrected chi connectivity index (χ0v) is 6.96. The molecule has 0 saturated carbocycles. The van der Waals surface area contributed by atoms with Gasteiger partial charge in [0.1, 0.15) is 0 Å². The molecule has 0 heterocycles. The van der Waals surface area contributed by atoms with E-state index in [1.807, 2.05) is 31.2 Å². The summed E-state index contributed by atoms with van der Waals surface area (Å²) in [5, 5.41) is 0. The van der Waals surface area contributed by atoms with Gasteiger partial charge in [-0.15, -0.1) is 12.3 Å². The van der Waals surface area contributed by atoms with Crippen LogP contribution in [-0.4, -0.2) is 6.04 Å². The Morgan fingerprint density at radius 3 is 2.82 bits per heavy atom. The van der Waals surface area contributed by atoms with Crippen LogP contribution in [0, 0.1) is 12.3 Å². The zero-order valence-electron chi connectivity index (χ0n) is 6.96. The minimum absolute atomic E-state index is 0.132. The van der Waals surface area contributed by atoms with Gasteiger partial charge in [-0.1, -0.05) is 24.3 Å². The van der Waals surface area contributed by atoms with Crippen molar-refractivity contribution in [3.63, 3.8) is 0 Å². The van der Waals surface area contributed by atoms with Crippen LogP contribution in [0.1, 0.15) is 19.8 Å². The third-order valence-electron chi connectivity index (χ3n) is 1.12. The zero-order chi connectivity index (χ0) is 8.53. The van der Waals surface area contributed by atoms with E-state index < -0.39 is 0 Å². The summed E-state index contributed by atoms with van der Waals surface area (Å²) in [7, 11) is 0. The van der Waals surface area contributed by atoms with Crippen molar-refractivity contribution >= 4 is 0 Å². The normalized spacial score (nSPS) is 13.9. The first-order valence-corrected chi connectivity index (χ1v) is 3.79. The lowest BCUT2D eigenvalue weighted by atomic mass is 10.2. The van der Waals surface area contributed by atoms with Gasteiger partial charge in [0.2, 0.25) is 0 Å². The van der Waals surface area contributed by atoms with Crippen LogP contribution in [0.3, 0.4) is 0 Å². The summed E-state index contributed by atoms with van der Waals surface area (Å²) in [6.45, 7) is 1.94. The first-order valence-electron chi connectivity index (χ1n) is 3.79. The summed E-state index contributed by atoms with van der Waals surface area (Å²) in [5.74, 6) is 2.57. The molecule has 0 aromatic rings. The number of terminal acetylenes is 1. The van der Waals surface area contributed by atoms with Crippen LogP contribution in [0.5, 0.6) is 0 Å². The lowest BCUT2D eigenvalue weighted by molar-refractivity contribution is 0.926. The van der Waals surface area contributed by atoms with Crippen molar-refractivity contribution in [1.82, 2.24) is 0 Å². The molecule has 0 rings (SSSR count). The van der Waals surface area contributed by atoms with E-state index in [2.05, 4.69) is 5.92 Å². The SMILES string of the molecule is C#CCC/C=C\C=C/C(C)N. The van der Waals surface area contributed by atoms with Crippen LogP contribution >= 0.6 is 0 Å². The predicted molar refractivity (Wildman–Crippen MR) is 50.0 cm³/mol. The molecule has 0 aromatic heterocycles. The minimum atomic E-state index is 0.132. The van der Waals surface area contributed by atoms with E-state index in [-0.39, 0.29) is 6.04 Å². The van der Waals surface area contributed by atoms with Crippen LogP contribution in [0.25, 0.3) is 0 Å². The highest BCUT2D eigenvalue weighted by molar-refractivity contribution is 5.05. The van der Waals surface area contributed by atoms with Crippen LogP contribution in [0.4, 0.5) is 0 Å². The number of allylic oxidation sites excluding steroid dienone is 3. The third kappa shape index (κ3) is 9.00. The molecule has 0 aliphatic heterocycles. The highest BCUT2D eigenvalue weighted by atomic mass is 14.6. The van der Waals surface area contributed by atoms with Crippen LogP contribution in [0.2, 0.25) is 0 Å². The summed E-state index contributed by atoms with van der Waals surface area (Å²) in [5.41, 5.74) is 5.48. The van der Waals surface area contributed by atoms with Gasteiger partial charge in [0.15, 0.2) is 0 Å². The molecule has 1 atom stereocenters. The van der Waals surface area contributed by atoms with Crippen LogP contribution in [0.15, 0.2) is 24.3 Å². The molecule has 1 nitrogen and oxygen atoms in total. The molecule has 2 N–H and O–H groups in total. The molecule has 11 heavy (non-hydrogen) atoms. The maximum absolute atomic E-state index is 5.48. The van der Waals surface area contributed by atoms with Gasteiger partial charge < -0.3 is 5.73 Å². The van der Waals surface area contributed by atoms with E-state index in [1.54, 1.807) is 0 Å². The van der Waals surface area contributed by atoms with Gasteiger partial charge >= 0.3 is 0 Å². The Labute approximate surface area is 69.0 Å². The second kappa shape index (κ2) is 7.11. The van der Waals surface area contributed by atoms with E-state index in [1.165, 1.54) is 0 Å². The number of hydrogen-bond acceptors (Lipinski definition) is 1. The van der Waals surface area contributed by atoms with E-state index in [9.17, 15) is 0 Å². The summed E-state index contributed by atoms with van der Waals surface area (Å²) in [6, 6.07) is 0.132. The Kier molecular flexibility index (Phi) is 6.46. The van der Waals surface area contributed by atoms with Gasteiger partial charge in [0, 0.05) is 12.5 Å².